The zero-order valence-electron chi connectivity index (χ0n) is 78.8. The normalized spacial score (nSPS) is 12.5. The lowest BCUT2D eigenvalue weighted by Gasteiger charge is -2.25. The van der Waals surface area contributed by atoms with E-state index in [9.17, 15) is 0 Å². The van der Waals surface area contributed by atoms with Gasteiger partial charge in [-0.05, 0) is 175 Å². The second kappa shape index (κ2) is 34.0. The third-order valence-electron chi connectivity index (χ3n) is 29.5. The van der Waals surface area contributed by atoms with Crippen molar-refractivity contribution in [2.75, 3.05) is 57.2 Å². The van der Waals surface area contributed by atoms with Gasteiger partial charge in [0.15, 0.2) is 0 Å². The highest BCUT2D eigenvalue weighted by atomic mass is 15.3. The quantitative estimate of drug-likeness (QED) is 0.172. The van der Waals surface area contributed by atoms with Crippen molar-refractivity contribution in [1.29, 1.82) is 0 Å². The average Bonchev–Trinajstić information content (AvgIpc) is 1.59. The molecule has 0 spiro atoms. The van der Waals surface area contributed by atoms with Crippen LogP contribution in [0.5, 0.6) is 0 Å². The van der Waals surface area contributed by atoms with Gasteiger partial charge in [0, 0.05) is 131 Å². The van der Waals surface area contributed by atoms with Crippen molar-refractivity contribution in [1.82, 2.24) is 22.8 Å². The Hall–Kier alpha value is -17.6. The van der Waals surface area contributed by atoms with Gasteiger partial charge in [-0.3, -0.25) is 22.8 Å². The summed E-state index contributed by atoms with van der Waals surface area (Å²) in [5.41, 5.74) is 31.8. The van der Waals surface area contributed by atoms with E-state index < -0.39 is 0 Å². The van der Waals surface area contributed by atoms with Gasteiger partial charge in [-0.25, -0.2) is 0 Å². The van der Waals surface area contributed by atoms with Crippen LogP contribution in [0.1, 0.15) is 34.6 Å². The van der Waals surface area contributed by atoms with Gasteiger partial charge < -0.3 is 24.5 Å². The molecule has 10 heterocycles. The Labute approximate surface area is 814 Å². The largest absolute Gasteiger partial charge is 0.327 e. The van der Waals surface area contributed by atoms with Crippen LogP contribution in [0.15, 0.2) is 455 Å². The van der Waals surface area contributed by atoms with Gasteiger partial charge in [0.1, 0.15) is 29.1 Å². The first-order valence-electron chi connectivity index (χ1n) is 49.3. The summed E-state index contributed by atoms with van der Waals surface area (Å²) in [5.74, 6) is 6.14. The van der Waals surface area contributed by atoms with E-state index >= 15 is 0 Å². The Bertz CT molecular complexity index is 9240. The molecule has 0 N–H and O–H groups in total. The molecule has 0 atom stereocenters. The van der Waals surface area contributed by atoms with E-state index in [1.165, 1.54) is 250 Å². The van der Waals surface area contributed by atoms with Gasteiger partial charge in [-0.2, -0.15) is 0 Å². The molecule has 0 amide bonds. The molecular formula is C130H100N10. The molecule has 670 valence electrons. The molecule has 140 heavy (non-hydrogen) atoms. The molecule has 0 unspecified atom stereocenters. The average molecular weight is 1800 g/mol. The zero-order chi connectivity index (χ0) is 93.3. The van der Waals surface area contributed by atoms with Crippen molar-refractivity contribution in [2.24, 2.45) is 0 Å². The minimum Gasteiger partial charge on any atom is -0.327 e. The smallest absolute Gasteiger partial charge is 0.118 e. The second-order valence-corrected chi connectivity index (χ2v) is 36.7. The van der Waals surface area contributed by atoms with Crippen molar-refractivity contribution < 1.29 is 0 Å². The van der Waals surface area contributed by atoms with Gasteiger partial charge in [-0.15, -0.1) is 0 Å². The molecule has 5 aromatic heterocycles. The summed E-state index contributed by atoms with van der Waals surface area (Å²) >= 11 is 0. The van der Waals surface area contributed by atoms with Crippen molar-refractivity contribution >= 4 is 166 Å². The Kier molecular flexibility index (Phi) is 20.2. The first-order valence-corrected chi connectivity index (χ1v) is 49.3. The molecule has 10 nitrogen and oxygen atoms in total. The SMILES string of the molecule is CCN1c2c(ccc3ccccc23)-c2ccccc2-n2c1cc1ccccc12.CCN1c2ccccc2-c2c(ccc3ccccc23)-n2c1cc1ccccc12.CCN1c2ccccc2-c2ccc3ccccc3c2-n2c1cc1ccccc12.CCN1c2ccccc2-c2ccccc2-n2c1cc1c3ccccc3ccc12.CCN1c2ccccc2-c2ccccc2-n2c1cc1ccc3ccccc3c12. The number of anilines is 10. The topological polar surface area (TPSA) is 40.9 Å². The molecule has 0 bridgehead atoms. The predicted molar refractivity (Wildman–Crippen MR) is 594 cm³/mol. The standard InChI is InChI=1S/5C26H20N2/c1-2-27-25-17-19-10-4-7-13-23(19)28(25)24-14-8-6-12-21(24)22-16-15-18-9-3-5-11-20(18)26(22)27;1-2-27-24-14-8-6-12-21(24)22-16-15-18-9-3-5-11-20(18)26(22)28-23-13-7-4-10-19(23)17-25(27)28;1-2-27-23-14-8-6-12-21(23)26-20-11-5-3-9-18(20)15-16-24(26)28-22-13-7-4-10-19(22)17-25(27)28;1-2-27-23-13-7-5-11-21(23)22-12-6-8-14-24(22)28-25(27)17-19-16-15-18-9-3-4-10-20(18)26(19)28;1-2-27-23-13-7-5-11-20(23)21-12-6-8-14-24(21)28-25-16-15-18-9-3-4-10-19(18)22(25)17-26(27)28/h5*3-17H,2H2,1H3. The van der Waals surface area contributed by atoms with E-state index in [-0.39, 0.29) is 0 Å². The van der Waals surface area contributed by atoms with Gasteiger partial charge in [0.25, 0.3) is 0 Å². The number of para-hydroxylation sites is 10. The third-order valence-corrected chi connectivity index (χ3v) is 29.5. The van der Waals surface area contributed by atoms with Crippen molar-refractivity contribution in [2.45, 2.75) is 34.6 Å². The lowest BCUT2D eigenvalue weighted by Crippen LogP contribution is -2.18. The Balaban J connectivity index is 0.0000000900. The predicted octanol–water partition coefficient (Wildman–Crippen LogP) is 34.6. The van der Waals surface area contributed by atoms with Gasteiger partial charge in [0.05, 0.1) is 84.5 Å². The highest BCUT2D eigenvalue weighted by Gasteiger charge is 2.34. The molecule has 0 radical (unpaired) electrons. The van der Waals surface area contributed by atoms with Crippen molar-refractivity contribution in [3.05, 3.63) is 455 Å². The Morgan fingerprint density at radius 2 is 0.429 bits per heavy atom. The zero-order valence-corrected chi connectivity index (χ0v) is 78.8. The molecule has 0 saturated heterocycles. The van der Waals surface area contributed by atoms with E-state index in [1.807, 2.05) is 0 Å². The fourth-order valence-corrected chi connectivity index (χ4v) is 23.4. The number of nitrogens with zero attached hydrogens (tertiary/aromatic N) is 10. The van der Waals surface area contributed by atoms with Gasteiger partial charge >= 0.3 is 0 Å². The summed E-state index contributed by atoms with van der Waals surface area (Å²) in [5, 5.41) is 19.3. The number of hydrogen-bond acceptors (Lipinski definition) is 5. The highest BCUT2D eigenvalue weighted by molar-refractivity contribution is 6.15. The molecule has 30 rings (SSSR count). The van der Waals surface area contributed by atoms with E-state index in [0.29, 0.717) is 0 Å². The lowest BCUT2D eigenvalue weighted by molar-refractivity contribution is 0.968. The summed E-state index contributed by atoms with van der Waals surface area (Å²) in [6, 6.07) is 165. The molecule has 0 saturated carbocycles. The fraction of sp³-hybridized carbons (Fsp3) is 0.0769. The van der Waals surface area contributed by atoms with Crippen LogP contribution in [0.4, 0.5) is 57.5 Å². The maximum atomic E-state index is 2.47. The van der Waals surface area contributed by atoms with Gasteiger partial charge in [0.2, 0.25) is 0 Å². The highest BCUT2D eigenvalue weighted by Crippen LogP contribution is 2.55. The third kappa shape index (κ3) is 13.1. The summed E-state index contributed by atoms with van der Waals surface area (Å²) in [6.45, 7) is 15.7. The lowest BCUT2D eigenvalue weighted by atomic mass is 9.95. The summed E-state index contributed by atoms with van der Waals surface area (Å²) in [7, 11) is 0. The maximum absolute atomic E-state index is 2.47. The van der Waals surface area contributed by atoms with Crippen molar-refractivity contribution in [3.63, 3.8) is 0 Å². The van der Waals surface area contributed by atoms with Crippen LogP contribution >= 0.6 is 0 Å². The molecular weight excluding hydrogens is 1700 g/mol. The molecule has 10 heteroatoms. The maximum Gasteiger partial charge on any atom is 0.118 e. The second-order valence-electron chi connectivity index (χ2n) is 36.7. The molecule has 0 fully saturated rings. The van der Waals surface area contributed by atoms with E-state index in [1.54, 1.807) is 0 Å². The van der Waals surface area contributed by atoms with Crippen LogP contribution in [-0.4, -0.2) is 55.6 Å². The monoisotopic (exact) mass is 1800 g/mol. The van der Waals surface area contributed by atoms with Crippen LogP contribution in [0.25, 0.3) is 192 Å². The van der Waals surface area contributed by atoms with Crippen LogP contribution in [0.3, 0.4) is 0 Å². The number of aromatic nitrogens is 5. The van der Waals surface area contributed by atoms with E-state index in [2.05, 4.69) is 537 Å². The molecule has 20 aromatic carbocycles. The van der Waals surface area contributed by atoms with Crippen LogP contribution < -0.4 is 24.5 Å². The van der Waals surface area contributed by atoms with E-state index in [0.717, 1.165) is 32.7 Å². The first-order chi connectivity index (χ1) is 69.3. The minimum absolute atomic E-state index is 0.908. The molecule has 25 aromatic rings. The Morgan fingerprint density at radius 1 is 0.150 bits per heavy atom. The molecule has 5 aliphatic heterocycles. The number of benzene rings is 20. The number of rotatable bonds is 5. The van der Waals surface area contributed by atoms with Gasteiger partial charge in [-0.1, -0.05) is 352 Å². The number of fused-ring (bicyclic) bond motifs is 45. The molecule has 5 aliphatic rings. The minimum atomic E-state index is 0.908. The van der Waals surface area contributed by atoms with Crippen LogP contribution in [0.2, 0.25) is 0 Å². The van der Waals surface area contributed by atoms with Crippen molar-refractivity contribution in [3.8, 4) is 84.1 Å². The summed E-state index contributed by atoms with van der Waals surface area (Å²) in [4.78, 5) is 12.2. The van der Waals surface area contributed by atoms with Crippen LogP contribution in [-0.2, 0) is 0 Å². The van der Waals surface area contributed by atoms with Crippen LogP contribution in [0, 0.1) is 0 Å². The summed E-state index contributed by atoms with van der Waals surface area (Å²) in [6.07, 6.45) is 0. The molecule has 0 aliphatic carbocycles. The Morgan fingerprint density at radius 3 is 0.929 bits per heavy atom. The fourth-order valence-electron chi connectivity index (χ4n) is 23.4. The number of hydrogen-bond donors (Lipinski definition) is 0. The van der Waals surface area contributed by atoms with E-state index in [4.69, 9.17) is 0 Å². The summed E-state index contributed by atoms with van der Waals surface area (Å²) < 4.78 is 12.2. The first kappa shape index (κ1) is 83.0.